The normalized spacial score (nSPS) is 13.2. The predicted octanol–water partition coefficient (Wildman–Crippen LogP) is 1.42. The molecule has 0 aromatic rings. The van der Waals surface area contributed by atoms with Gasteiger partial charge in [-0.05, 0) is 27.2 Å². The average molecular weight is 245 g/mol. The van der Waals surface area contributed by atoms with Gasteiger partial charge in [0.2, 0.25) is 5.91 Å². The largest absolute Gasteiger partial charge is 0.481 e. The van der Waals surface area contributed by atoms with Crippen LogP contribution in [0.5, 0.6) is 0 Å². The van der Waals surface area contributed by atoms with E-state index in [0.29, 0.717) is 6.61 Å². The zero-order valence-electron chi connectivity index (χ0n) is 11.1. The maximum absolute atomic E-state index is 11.6. The van der Waals surface area contributed by atoms with Crippen LogP contribution >= 0.6 is 0 Å². The van der Waals surface area contributed by atoms with E-state index < -0.39 is 17.5 Å². The maximum atomic E-state index is 11.6. The molecule has 0 fully saturated rings. The number of ether oxygens (including phenoxy) is 1. The summed E-state index contributed by atoms with van der Waals surface area (Å²) in [6.45, 7) is 7.49. The molecule has 0 aliphatic rings. The van der Waals surface area contributed by atoms with Gasteiger partial charge in [0.05, 0.1) is 5.41 Å². The summed E-state index contributed by atoms with van der Waals surface area (Å²) >= 11 is 0. The van der Waals surface area contributed by atoms with Gasteiger partial charge in [0.25, 0.3) is 0 Å². The minimum atomic E-state index is -0.960. The molecule has 5 heteroatoms. The van der Waals surface area contributed by atoms with E-state index in [4.69, 9.17) is 9.84 Å². The van der Waals surface area contributed by atoms with Crippen molar-refractivity contribution in [3.8, 4) is 0 Å². The first kappa shape index (κ1) is 15.9. The highest BCUT2D eigenvalue weighted by Gasteiger charge is 2.28. The number of amides is 1. The molecule has 0 heterocycles. The third-order valence-corrected chi connectivity index (χ3v) is 2.52. The topological polar surface area (TPSA) is 75.6 Å². The van der Waals surface area contributed by atoms with E-state index in [2.05, 4.69) is 5.32 Å². The van der Waals surface area contributed by atoms with Crippen molar-refractivity contribution in [1.82, 2.24) is 5.32 Å². The number of hydrogen-bond acceptors (Lipinski definition) is 3. The van der Waals surface area contributed by atoms with Crippen LogP contribution in [0.15, 0.2) is 0 Å². The highest BCUT2D eigenvalue weighted by atomic mass is 16.5. The Kier molecular flexibility index (Phi) is 6.80. The SMILES string of the molecule is CCCCOC(C)C(=O)NCC(C)(C)C(=O)O. The third kappa shape index (κ3) is 6.26. The molecule has 0 spiro atoms. The Bertz CT molecular complexity index is 263. The van der Waals surface area contributed by atoms with Gasteiger partial charge in [-0.15, -0.1) is 0 Å². The molecule has 0 aromatic carbocycles. The van der Waals surface area contributed by atoms with Gasteiger partial charge in [0.15, 0.2) is 0 Å². The molecule has 1 atom stereocenters. The van der Waals surface area contributed by atoms with Crippen molar-refractivity contribution in [2.75, 3.05) is 13.2 Å². The molecular formula is C12H23NO4. The first-order chi connectivity index (χ1) is 7.81. The Hall–Kier alpha value is -1.10. The van der Waals surface area contributed by atoms with Gasteiger partial charge in [-0.1, -0.05) is 13.3 Å². The predicted molar refractivity (Wildman–Crippen MR) is 64.7 cm³/mol. The van der Waals surface area contributed by atoms with Gasteiger partial charge in [-0.2, -0.15) is 0 Å². The first-order valence-corrected chi connectivity index (χ1v) is 5.94. The summed E-state index contributed by atoms with van der Waals surface area (Å²) in [5.41, 5.74) is -0.960. The number of rotatable bonds is 8. The molecule has 100 valence electrons. The number of carbonyl (C=O) groups is 2. The average Bonchev–Trinajstić information content (AvgIpc) is 2.26. The molecule has 0 aliphatic heterocycles. The Labute approximate surface area is 103 Å². The molecule has 1 unspecified atom stereocenters. The van der Waals surface area contributed by atoms with Crippen LogP contribution < -0.4 is 5.32 Å². The van der Waals surface area contributed by atoms with Crippen LogP contribution in [0.1, 0.15) is 40.5 Å². The highest BCUT2D eigenvalue weighted by Crippen LogP contribution is 2.13. The van der Waals surface area contributed by atoms with Gasteiger partial charge < -0.3 is 15.2 Å². The van der Waals surface area contributed by atoms with E-state index in [1.807, 2.05) is 6.92 Å². The summed E-state index contributed by atoms with van der Waals surface area (Å²) in [7, 11) is 0. The van der Waals surface area contributed by atoms with Crippen LogP contribution in [0.4, 0.5) is 0 Å². The zero-order chi connectivity index (χ0) is 13.5. The molecule has 0 bridgehead atoms. The minimum absolute atomic E-state index is 0.0998. The maximum Gasteiger partial charge on any atom is 0.310 e. The van der Waals surface area contributed by atoms with Crippen LogP contribution in [0.25, 0.3) is 0 Å². The summed E-state index contributed by atoms with van der Waals surface area (Å²) in [6.07, 6.45) is 1.39. The first-order valence-electron chi connectivity index (χ1n) is 5.94. The molecule has 17 heavy (non-hydrogen) atoms. The molecule has 1 amide bonds. The quantitative estimate of drug-likeness (QED) is 0.634. The van der Waals surface area contributed by atoms with E-state index >= 15 is 0 Å². The number of unbranched alkanes of at least 4 members (excludes halogenated alkanes) is 1. The number of nitrogens with one attached hydrogen (secondary N) is 1. The van der Waals surface area contributed by atoms with Crippen molar-refractivity contribution < 1.29 is 19.4 Å². The summed E-state index contributed by atoms with van der Waals surface area (Å²) in [4.78, 5) is 22.4. The van der Waals surface area contributed by atoms with E-state index in [9.17, 15) is 9.59 Å². The van der Waals surface area contributed by atoms with Crippen LogP contribution in [-0.4, -0.2) is 36.2 Å². The van der Waals surface area contributed by atoms with Crippen LogP contribution in [-0.2, 0) is 14.3 Å². The molecule has 5 nitrogen and oxygen atoms in total. The fraction of sp³-hybridized carbons (Fsp3) is 0.833. The number of carboxylic acid groups (broad SMARTS) is 1. The number of carbonyl (C=O) groups excluding carboxylic acids is 1. The van der Waals surface area contributed by atoms with Crippen molar-refractivity contribution in [1.29, 1.82) is 0 Å². The van der Waals surface area contributed by atoms with Gasteiger partial charge in [0.1, 0.15) is 6.10 Å². The number of hydrogen-bond donors (Lipinski definition) is 2. The van der Waals surface area contributed by atoms with Gasteiger partial charge >= 0.3 is 5.97 Å². The minimum Gasteiger partial charge on any atom is -0.481 e. The molecular weight excluding hydrogens is 222 g/mol. The fourth-order valence-electron chi connectivity index (χ4n) is 1.01. The second kappa shape index (κ2) is 7.27. The molecule has 0 saturated heterocycles. The lowest BCUT2D eigenvalue weighted by atomic mass is 9.94. The molecule has 0 radical (unpaired) electrons. The second-order valence-corrected chi connectivity index (χ2v) is 4.77. The van der Waals surface area contributed by atoms with Gasteiger partial charge in [-0.3, -0.25) is 9.59 Å². The van der Waals surface area contributed by atoms with Crippen molar-refractivity contribution >= 4 is 11.9 Å². The third-order valence-electron chi connectivity index (χ3n) is 2.52. The van der Waals surface area contributed by atoms with E-state index in [1.54, 1.807) is 20.8 Å². The van der Waals surface area contributed by atoms with Gasteiger partial charge in [0, 0.05) is 13.2 Å². The smallest absolute Gasteiger partial charge is 0.310 e. The zero-order valence-corrected chi connectivity index (χ0v) is 11.1. The highest BCUT2D eigenvalue weighted by molar-refractivity contribution is 5.81. The van der Waals surface area contributed by atoms with E-state index in [-0.39, 0.29) is 12.5 Å². The van der Waals surface area contributed by atoms with Crippen LogP contribution in [0.2, 0.25) is 0 Å². The monoisotopic (exact) mass is 245 g/mol. The molecule has 2 N–H and O–H groups in total. The Balaban J connectivity index is 3.97. The fourth-order valence-corrected chi connectivity index (χ4v) is 1.01. The summed E-state index contributed by atoms with van der Waals surface area (Å²) in [5, 5.41) is 11.5. The molecule has 0 rings (SSSR count). The lowest BCUT2D eigenvalue weighted by Gasteiger charge is -2.21. The lowest BCUT2D eigenvalue weighted by Crippen LogP contribution is -2.43. The molecule has 0 aliphatic carbocycles. The second-order valence-electron chi connectivity index (χ2n) is 4.77. The Morgan fingerprint density at radius 2 is 2.00 bits per heavy atom. The molecule has 0 aromatic heterocycles. The Morgan fingerprint density at radius 3 is 2.47 bits per heavy atom. The summed E-state index contributed by atoms with van der Waals surface area (Å²) in [5.74, 6) is -1.20. The van der Waals surface area contributed by atoms with Crippen molar-refractivity contribution in [2.24, 2.45) is 5.41 Å². The summed E-state index contributed by atoms with van der Waals surface area (Å²) < 4.78 is 5.31. The molecule has 0 saturated carbocycles. The van der Waals surface area contributed by atoms with Crippen molar-refractivity contribution in [2.45, 2.75) is 46.6 Å². The van der Waals surface area contributed by atoms with Gasteiger partial charge in [-0.25, -0.2) is 0 Å². The number of carboxylic acids is 1. The number of aliphatic carboxylic acids is 1. The van der Waals surface area contributed by atoms with Crippen LogP contribution in [0, 0.1) is 5.41 Å². The Morgan fingerprint density at radius 1 is 1.41 bits per heavy atom. The van der Waals surface area contributed by atoms with Crippen LogP contribution in [0.3, 0.4) is 0 Å². The van der Waals surface area contributed by atoms with Crippen molar-refractivity contribution in [3.05, 3.63) is 0 Å². The summed E-state index contributed by atoms with van der Waals surface area (Å²) in [6, 6.07) is 0. The lowest BCUT2D eigenvalue weighted by molar-refractivity contribution is -0.147. The standard InChI is InChI=1S/C12H23NO4/c1-5-6-7-17-9(2)10(14)13-8-12(3,4)11(15)16/h9H,5-8H2,1-4H3,(H,13,14)(H,15,16). The van der Waals surface area contributed by atoms with E-state index in [0.717, 1.165) is 12.8 Å². The van der Waals surface area contributed by atoms with Crippen molar-refractivity contribution in [3.63, 3.8) is 0 Å². The van der Waals surface area contributed by atoms with E-state index in [1.165, 1.54) is 0 Å².